The van der Waals surface area contributed by atoms with E-state index in [0.717, 1.165) is 12.8 Å². The molecular weight excluding hydrogens is 445 g/mol. The minimum Gasteiger partial charge on any atom is -0.497 e. The van der Waals surface area contributed by atoms with Crippen molar-refractivity contribution < 1.29 is 17.9 Å². The second-order valence-corrected chi connectivity index (χ2v) is 8.24. The molecule has 5 rings (SSSR count). The number of alkyl halides is 3. The number of rotatable bonds is 6. The number of benzene rings is 2. The van der Waals surface area contributed by atoms with Gasteiger partial charge in [-0.05, 0) is 54.2 Å². The molecule has 0 spiro atoms. The third kappa shape index (κ3) is 4.46. The number of anilines is 1. The first-order valence-electron chi connectivity index (χ1n) is 10.8. The molecule has 0 bridgehead atoms. The minimum absolute atomic E-state index is 0.192. The van der Waals surface area contributed by atoms with Gasteiger partial charge in [0, 0.05) is 23.5 Å². The van der Waals surface area contributed by atoms with E-state index < -0.39 is 12.7 Å². The van der Waals surface area contributed by atoms with E-state index >= 15 is 0 Å². The number of pyridine rings is 1. The summed E-state index contributed by atoms with van der Waals surface area (Å²) in [5.41, 5.74) is 2.71. The first-order chi connectivity index (χ1) is 16.3. The van der Waals surface area contributed by atoms with Crippen molar-refractivity contribution in [1.29, 1.82) is 0 Å². The molecule has 0 saturated heterocycles. The molecule has 2 aromatic carbocycles. The Bertz CT molecular complexity index is 1390. The zero-order valence-corrected chi connectivity index (χ0v) is 18.3. The van der Waals surface area contributed by atoms with Gasteiger partial charge in [0.05, 0.1) is 18.2 Å². The lowest BCUT2D eigenvalue weighted by atomic mass is 10.0. The summed E-state index contributed by atoms with van der Waals surface area (Å²) < 4.78 is 44.7. The number of hydrogen-bond donors (Lipinski definition) is 1. The number of nitrogens with one attached hydrogen (secondary N) is 1. The lowest BCUT2D eigenvalue weighted by Gasteiger charge is -2.14. The minimum atomic E-state index is -4.42. The number of nitrogens with zero attached hydrogens (tertiary/aromatic N) is 3. The van der Waals surface area contributed by atoms with Crippen molar-refractivity contribution in [2.24, 2.45) is 0 Å². The van der Waals surface area contributed by atoms with Crippen molar-refractivity contribution in [2.45, 2.75) is 24.9 Å². The number of fused-ring (bicyclic) bond motifs is 1. The van der Waals surface area contributed by atoms with Crippen LogP contribution in [0.1, 0.15) is 24.3 Å². The maximum atomic E-state index is 13.7. The predicted molar refractivity (Wildman–Crippen MR) is 124 cm³/mol. The first kappa shape index (κ1) is 21.9. The second kappa shape index (κ2) is 8.48. The van der Waals surface area contributed by atoms with Crippen LogP contribution in [0.2, 0.25) is 0 Å². The molecule has 1 aliphatic rings. The highest BCUT2D eigenvalue weighted by molar-refractivity contribution is 5.93. The van der Waals surface area contributed by atoms with Gasteiger partial charge in [-0.15, -0.1) is 0 Å². The zero-order valence-electron chi connectivity index (χ0n) is 18.3. The highest BCUT2D eigenvalue weighted by Crippen LogP contribution is 2.40. The standard InChI is InChI=1S/C25H21F3N4O2/c1-34-20-10-8-19(9-11-20)32-13-18-12-29-24(30-14-25(26,27)28)31-22(18)21(23(32)33)17-6-4-16(5-7-17)15-2-3-15/h4-13,15H,2-3,14H2,1H3,(H,30,31). The molecule has 0 unspecified atom stereocenters. The molecule has 9 heteroatoms. The maximum absolute atomic E-state index is 13.7. The van der Waals surface area contributed by atoms with Gasteiger partial charge in [0.15, 0.2) is 0 Å². The van der Waals surface area contributed by atoms with Crippen molar-refractivity contribution in [2.75, 3.05) is 19.0 Å². The van der Waals surface area contributed by atoms with Crippen LogP contribution in [-0.2, 0) is 0 Å². The number of halogens is 3. The maximum Gasteiger partial charge on any atom is 0.405 e. The van der Waals surface area contributed by atoms with Crippen LogP contribution < -0.4 is 15.6 Å². The molecule has 1 saturated carbocycles. The highest BCUT2D eigenvalue weighted by atomic mass is 19.4. The molecule has 1 N–H and O–H groups in total. The summed E-state index contributed by atoms with van der Waals surface area (Å²) in [6.07, 6.45) is 0.897. The molecular formula is C25H21F3N4O2. The van der Waals surface area contributed by atoms with E-state index in [-0.39, 0.29) is 17.0 Å². The van der Waals surface area contributed by atoms with Crippen molar-refractivity contribution >= 4 is 16.9 Å². The Hall–Kier alpha value is -3.88. The quantitative estimate of drug-likeness (QED) is 0.417. The summed E-state index contributed by atoms with van der Waals surface area (Å²) >= 11 is 0. The Labute approximate surface area is 193 Å². The Morgan fingerprint density at radius 3 is 2.41 bits per heavy atom. The summed E-state index contributed by atoms with van der Waals surface area (Å²) in [7, 11) is 1.56. The van der Waals surface area contributed by atoms with Gasteiger partial charge < -0.3 is 10.1 Å². The summed E-state index contributed by atoms with van der Waals surface area (Å²) in [5.74, 6) is 1.01. The Kier molecular flexibility index (Phi) is 5.47. The van der Waals surface area contributed by atoms with Gasteiger partial charge >= 0.3 is 6.18 Å². The van der Waals surface area contributed by atoms with Gasteiger partial charge in [-0.3, -0.25) is 9.36 Å². The molecule has 2 aromatic heterocycles. The van der Waals surface area contributed by atoms with Crippen LogP contribution in [0.15, 0.2) is 65.7 Å². The molecule has 4 aromatic rings. The van der Waals surface area contributed by atoms with Crippen LogP contribution in [0.25, 0.3) is 27.7 Å². The SMILES string of the molecule is COc1ccc(-n2cc3cnc(NCC(F)(F)F)nc3c(-c3ccc(C4CC4)cc3)c2=O)cc1. The molecule has 174 valence electrons. The van der Waals surface area contributed by atoms with E-state index in [4.69, 9.17) is 4.74 Å². The largest absolute Gasteiger partial charge is 0.497 e. The number of hydrogen-bond acceptors (Lipinski definition) is 5. The molecule has 1 fully saturated rings. The molecule has 0 atom stereocenters. The topological polar surface area (TPSA) is 69.0 Å². The van der Waals surface area contributed by atoms with E-state index in [1.54, 1.807) is 37.6 Å². The van der Waals surface area contributed by atoms with Crippen molar-refractivity contribution in [3.63, 3.8) is 0 Å². The summed E-state index contributed by atoms with van der Waals surface area (Å²) in [6, 6.07) is 14.7. The number of ether oxygens (including phenoxy) is 1. The van der Waals surface area contributed by atoms with Gasteiger partial charge in [0.1, 0.15) is 12.3 Å². The van der Waals surface area contributed by atoms with Crippen LogP contribution in [0.5, 0.6) is 5.75 Å². The Morgan fingerprint density at radius 2 is 1.79 bits per heavy atom. The van der Waals surface area contributed by atoms with E-state index in [9.17, 15) is 18.0 Å². The smallest absolute Gasteiger partial charge is 0.405 e. The average Bonchev–Trinajstić information content (AvgIpc) is 3.68. The van der Waals surface area contributed by atoms with E-state index in [0.29, 0.717) is 33.9 Å². The molecule has 0 radical (unpaired) electrons. The average molecular weight is 466 g/mol. The normalized spacial score (nSPS) is 13.8. The number of aromatic nitrogens is 3. The Morgan fingerprint density at radius 1 is 1.09 bits per heavy atom. The Balaban J connectivity index is 1.67. The van der Waals surface area contributed by atoms with Crippen LogP contribution in [-0.4, -0.2) is 34.4 Å². The lowest BCUT2D eigenvalue weighted by molar-refractivity contribution is -0.115. The summed E-state index contributed by atoms with van der Waals surface area (Å²) in [5, 5.41) is 2.72. The zero-order chi connectivity index (χ0) is 23.9. The fraction of sp³-hybridized carbons (Fsp3) is 0.240. The second-order valence-electron chi connectivity index (χ2n) is 8.24. The third-order valence-electron chi connectivity index (χ3n) is 5.80. The predicted octanol–water partition coefficient (Wildman–Crippen LogP) is 5.31. The van der Waals surface area contributed by atoms with Gasteiger partial charge in [0.25, 0.3) is 5.56 Å². The van der Waals surface area contributed by atoms with Crippen molar-refractivity contribution in [1.82, 2.24) is 14.5 Å². The van der Waals surface area contributed by atoms with Gasteiger partial charge in [-0.1, -0.05) is 24.3 Å². The lowest BCUT2D eigenvalue weighted by Crippen LogP contribution is -2.23. The van der Waals surface area contributed by atoms with Gasteiger partial charge in [0.2, 0.25) is 5.95 Å². The van der Waals surface area contributed by atoms with E-state index in [1.165, 1.54) is 16.3 Å². The molecule has 0 amide bonds. The van der Waals surface area contributed by atoms with Crippen LogP contribution in [0.3, 0.4) is 0 Å². The molecule has 0 aliphatic heterocycles. The van der Waals surface area contributed by atoms with Crippen LogP contribution >= 0.6 is 0 Å². The highest BCUT2D eigenvalue weighted by Gasteiger charge is 2.27. The van der Waals surface area contributed by atoms with E-state index in [1.807, 2.05) is 24.3 Å². The summed E-state index contributed by atoms with van der Waals surface area (Å²) in [6.45, 7) is -1.27. The number of methoxy groups -OCH3 is 1. The van der Waals surface area contributed by atoms with Crippen molar-refractivity contribution in [3.8, 4) is 22.6 Å². The summed E-state index contributed by atoms with van der Waals surface area (Å²) in [4.78, 5) is 22.0. The van der Waals surface area contributed by atoms with Gasteiger partial charge in [-0.25, -0.2) is 9.97 Å². The van der Waals surface area contributed by atoms with Crippen LogP contribution in [0.4, 0.5) is 19.1 Å². The van der Waals surface area contributed by atoms with Crippen LogP contribution in [0, 0.1) is 0 Å². The monoisotopic (exact) mass is 466 g/mol. The third-order valence-corrected chi connectivity index (χ3v) is 5.80. The first-order valence-corrected chi connectivity index (χ1v) is 10.8. The van der Waals surface area contributed by atoms with E-state index in [2.05, 4.69) is 15.3 Å². The molecule has 1 aliphatic carbocycles. The fourth-order valence-corrected chi connectivity index (χ4v) is 3.90. The molecule has 34 heavy (non-hydrogen) atoms. The van der Waals surface area contributed by atoms with Crippen molar-refractivity contribution in [3.05, 3.63) is 76.8 Å². The van der Waals surface area contributed by atoms with Gasteiger partial charge in [-0.2, -0.15) is 13.2 Å². The fourth-order valence-electron chi connectivity index (χ4n) is 3.90. The molecule has 2 heterocycles. The molecule has 6 nitrogen and oxygen atoms in total.